The third kappa shape index (κ3) is 6.03. The van der Waals surface area contributed by atoms with Gasteiger partial charge in [0, 0.05) is 37.7 Å². The van der Waals surface area contributed by atoms with Crippen LogP contribution in [0.4, 0.5) is 0 Å². The van der Waals surface area contributed by atoms with Crippen molar-refractivity contribution in [2.24, 2.45) is 0 Å². The predicted octanol–water partition coefficient (Wildman–Crippen LogP) is 3.83. The first-order valence-electron chi connectivity index (χ1n) is 9.16. The maximum atomic E-state index is 10.7. The maximum absolute atomic E-state index is 10.7. The molecule has 0 amide bonds. The predicted molar refractivity (Wildman–Crippen MR) is 109 cm³/mol. The summed E-state index contributed by atoms with van der Waals surface area (Å²) in [6, 6.07) is 18.9. The molecule has 3 rings (SSSR count). The van der Waals surface area contributed by atoms with Crippen LogP contribution in [-0.2, 0) is 9.53 Å². The van der Waals surface area contributed by atoms with E-state index >= 15 is 0 Å². The molecule has 1 unspecified atom stereocenters. The average Bonchev–Trinajstić information content (AvgIpc) is 2.69. The summed E-state index contributed by atoms with van der Waals surface area (Å²) in [6.45, 7) is 5.19. The molecule has 0 N–H and O–H groups in total. The highest BCUT2D eigenvalue weighted by atomic mass is 35.5. The summed E-state index contributed by atoms with van der Waals surface area (Å²) in [7, 11) is 0. The molecule has 1 atom stereocenters. The van der Waals surface area contributed by atoms with Gasteiger partial charge < -0.3 is 4.74 Å². The number of piperazine rings is 1. The molecule has 6 heteroatoms. The topological polar surface area (TPSA) is 32.8 Å². The number of ether oxygens (including phenoxy) is 1. The smallest absolute Gasteiger partial charge is 0.247 e. The highest BCUT2D eigenvalue weighted by Gasteiger charge is 2.26. The number of halogens is 2. The van der Waals surface area contributed by atoms with Gasteiger partial charge in [0.25, 0.3) is 0 Å². The van der Waals surface area contributed by atoms with Crippen molar-refractivity contribution in [3.63, 3.8) is 0 Å². The largest absolute Gasteiger partial charge is 0.371 e. The molecule has 4 nitrogen and oxygen atoms in total. The Morgan fingerprint density at radius 1 is 0.963 bits per heavy atom. The highest BCUT2D eigenvalue weighted by Crippen LogP contribution is 2.30. The molecular formula is C21H24Cl2N2O2. The number of carbonyl (C=O) groups excluding carboxylic acids is 1. The van der Waals surface area contributed by atoms with Crippen molar-refractivity contribution >= 4 is 28.4 Å². The lowest BCUT2D eigenvalue weighted by Crippen LogP contribution is -2.48. The molecule has 1 aliphatic heterocycles. The van der Waals surface area contributed by atoms with Crippen molar-refractivity contribution in [2.45, 2.75) is 6.04 Å². The normalized spacial score (nSPS) is 17.0. The Kier molecular flexibility index (Phi) is 7.68. The van der Waals surface area contributed by atoms with E-state index in [0.29, 0.717) is 6.61 Å². The van der Waals surface area contributed by atoms with E-state index in [1.807, 2.05) is 18.2 Å². The number of hydrogen-bond donors (Lipinski definition) is 0. The lowest BCUT2D eigenvalue weighted by Gasteiger charge is -2.39. The molecule has 27 heavy (non-hydrogen) atoms. The van der Waals surface area contributed by atoms with E-state index in [-0.39, 0.29) is 12.6 Å². The fraction of sp³-hybridized carbons (Fsp3) is 0.381. The number of carbonyl (C=O) groups is 1. The first kappa shape index (κ1) is 20.3. The zero-order chi connectivity index (χ0) is 19.1. The molecule has 1 heterocycles. The Labute approximate surface area is 170 Å². The van der Waals surface area contributed by atoms with Gasteiger partial charge in [0.1, 0.15) is 6.61 Å². The van der Waals surface area contributed by atoms with Gasteiger partial charge in [-0.3, -0.25) is 14.6 Å². The SMILES string of the molecule is O=C(Cl)COCCN1CCN(C(c2ccccc2)c2ccc(Cl)cc2)CC1. The molecule has 0 radical (unpaired) electrons. The van der Waals surface area contributed by atoms with Gasteiger partial charge in [-0.05, 0) is 34.9 Å². The Balaban J connectivity index is 1.63. The summed E-state index contributed by atoms with van der Waals surface area (Å²) in [6.07, 6.45) is 0. The van der Waals surface area contributed by atoms with Crippen molar-refractivity contribution in [3.8, 4) is 0 Å². The minimum absolute atomic E-state index is 0.0197. The van der Waals surface area contributed by atoms with E-state index in [2.05, 4.69) is 46.2 Å². The lowest BCUT2D eigenvalue weighted by molar-refractivity contribution is -0.116. The first-order chi connectivity index (χ1) is 13.1. The first-order valence-corrected chi connectivity index (χ1v) is 9.92. The summed E-state index contributed by atoms with van der Waals surface area (Å²) in [5.74, 6) is 0. The second-order valence-corrected chi connectivity index (χ2v) is 7.51. The van der Waals surface area contributed by atoms with Gasteiger partial charge in [0.2, 0.25) is 5.24 Å². The van der Waals surface area contributed by atoms with E-state index in [4.69, 9.17) is 27.9 Å². The minimum Gasteiger partial charge on any atom is -0.371 e. The number of benzene rings is 2. The summed E-state index contributed by atoms with van der Waals surface area (Å²) in [5, 5.41) is 0.305. The van der Waals surface area contributed by atoms with Gasteiger partial charge in [-0.15, -0.1) is 0 Å². The molecule has 1 aliphatic rings. The van der Waals surface area contributed by atoms with Gasteiger partial charge in [-0.1, -0.05) is 54.1 Å². The van der Waals surface area contributed by atoms with Crippen LogP contribution in [0, 0.1) is 0 Å². The number of hydrogen-bond acceptors (Lipinski definition) is 4. The minimum atomic E-state index is -0.450. The van der Waals surface area contributed by atoms with Crippen LogP contribution in [-0.4, -0.2) is 61.0 Å². The Bertz CT molecular complexity index is 717. The standard InChI is InChI=1S/C21H24Cl2N2O2/c22-19-8-6-18(7-9-19)21(17-4-2-1-3-5-17)25-12-10-24(11-13-25)14-15-27-16-20(23)26/h1-9,21H,10-16H2. The number of rotatable bonds is 8. The van der Waals surface area contributed by atoms with E-state index < -0.39 is 5.24 Å². The van der Waals surface area contributed by atoms with E-state index in [1.54, 1.807) is 0 Å². The zero-order valence-electron chi connectivity index (χ0n) is 15.2. The summed E-state index contributed by atoms with van der Waals surface area (Å²) in [4.78, 5) is 15.6. The van der Waals surface area contributed by atoms with Crippen molar-refractivity contribution in [1.29, 1.82) is 0 Å². The van der Waals surface area contributed by atoms with Crippen LogP contribution in [0.25, 0.3) is 0 Å². The molecule has 1 saturated heterocycles. The summed E-state index contributed by atoms with van der Waals surface area (Å²) in [5.41, 5.74) is 2.54. The molecule has 0 saturated carbocycles. The lowest BCUT2D eigenvalue weighted by atomic mass is 9.96. The quantitative estimate of drug-likeness (QED) is 0.492. The summed E-state index contributed by atoms with van der Waals surface area (Å²) < 4.78 is 5.27. The van der Waals surface area contributed by atoms with Gasteiger partial charge in [0.15, 0.2) is 0 Å². The third-order valence-corrected chi connectivity index (χ3v) is 5.20. The van der Waals surface area contributed by atoms with Gasteiger partial charge in [-0.25, -0.2) is 0 Å². The molecule has 144 valence electrons. The van der Waals surface area contributed by atoms with Crippen LogP contribution in [0.3, 0.4) is 0 Å². The van der Waals surface area contributed by atoms with Gasteiger partial charge in [-0.2, -0.15) is 0 Å². The van der Waals surface area contributed by atoms with Crippen LogP contribution in [0.1, 0.15) is 17.2 Å². The maximum Gasteiger partial charge on any atom is 0.247 e. The van der Waals surface area contributed by atoms with Crippen LogP contribution < -0.4 is 0 Å². The molecule has 2 aromatic rings. The fourth-order valence-electron chi connectivity index (χ4n) is 3.49. The highest BCUT2D eigenvalue weighted by molar-refractivity contribution is 6.63. The summed E-state index contributed by atoms with van der Waals surface area (Å²) >= 11 is 11.4. The molecule has 0 bridgehead atoms. The molecule has 1 fully saturated rings. The zero-order valence-corrected chi connectivity index (χ0v) is 16.7. The van der Waals surface area contributed by atoms with Crippen LogP contribution in [0.15, 0.2) is 54.6 Å². The Morgan fingerprint density at radius 2 is 1.59 bits per heavy atom. The van der Waals surface area contributed by atoms with Crippen molar-refractivity contribution < 1.29 is 9.53 Å². The molecule has 0 aliphatic carbocycles. The fourth-order valence-corrected chi connectivity index (χ4v) is 3.69. The second kappa shape index (κ2) is 10.2. The molecular weight excluding hydrogens is 383 g/mol. The second-order valence-electron chi connectivity index (χ2n) is 6.65. The van der Waals surface area contributed by atoms with Crippen LogP contribution in [0.2, 0.25) is 5.02 Å². The van der Waals surface area contributed by atoms with E-state index in [9.17, 15) is 4.79 Å². The Hall–Kier alpha value is -1.43. The Morgan fingerprint density at radius 3 is 2.22 bits per heavy atom. The van der Waals surface area contributed by atoms with Crippen LogP contribution >= 0.6 is 23.2 Å². The molecule has 2 aromatic carbocycles. The van der Waals surface area contributed by atoms with Crippen LogP contribution in [0.5, 0.6) is 0 Å². The van der Waals surface area contributed by atoms with E-state index in [1.165, 1.54) is 11.1 Å². The van der Waals surface area contributed by atoms with Crippen molar-refractivity contribution in [3.05, 3.63) is 70.7 Å². The van der Waals surface area contributed by atoms with Crippen molar-refractivity contribution in [1.82, 2.24) is 9.80 Å². The molecule has 0 aromatic heterocycles. The monoisotopic (exact) mass is 406 g/mol. The van der Waals surface area contributed by atoms with E-state index in [0.717, 1.165) is 37.7 Å². The van der Waals surface area contributed by atoms with Crippen molar-refractivity contribution in [2.75, 3.05) is 45.9 Å². The average molecular weight is 407 g/mol. The van der Waals surface area contributed by atoms with Gasteiger partial charge in [0.05, 0.1) is 12.6 Å². The number of nitrogens with zero attached hydrogens (tertiary/aromatic N) is 2. The third-order valence-electron chi connectivity index (χ3n) is 4.84. The molecule has 0 spiro atoms. The van der Waals surface area contributed by atoms with Gasteiger partial charge >= 0.3 is 0 Å².